The molecule has 0 radical (unpaired) electrons. The Kier molecular flexibility index (Phi) is 4.97. The third-order valence-corrected chi connectivity index (χ3v) is 4.42. The minimum atomic E-state index is 0.155. The first-order valence-electron chi connectivity index (χ1n) is 6.29. The van der Waals surface area contributed by atoms with Gasteiger partial charge in [0.1, 0.15) is 0 Å². The second-order valence-corrected chi connectivity index (χ2v) is 5.85. The first kappa shape index (κ1) is 12.2. The van der Waals surface area contributed by atoms with Gasteiger partial charge in [-0.25, -0.2) is 0 Å². The lowest BCUT2D eigenvalue weighted by Gasteiger charge is -2.25. The average molecular weight is 243 g/mol. The Morgan fingerprint density at radius 2 is 2.06 bits per heavy atom. The molecule has 0 bridgehead atoms. The molecule has 0 aromatic carbocycles. The van der Waals surface area contributed by atoms with Crippen molar-refractivity contribution in [1.29, 1.82) is 0 Å². The number of carbonyl (C=O) groups is 1. The van der Waals surface area contributed by atoms with E-state index in [4.69, 9.17) is 4.74 Å². The molecule has 3 nitrogen and oxygen atoms in total. The third-order valence-electron chi connectivity index (χ3n) is 3.31. The van der Waals surface area contributed by atoms with E-state index < -0.39 is 0 Å². The normalized spacial score (nSPS) is 27.8. The Morgan fingerprint density at radius 3 is 2.81 bits per heavy atom. The third kappa shape index (κ3) is 3.98. The van der Waals surface area contributed by atoms with Gasteiger partial charge in [-0.3, -0.25) is 4.79 Å². The van der Waals surface area contributed by atoms with Gasteiger partial charge in [0.2, 0.25) is 5.91 Å². The molecule has 1 saturated heterocycles. The zero-order valence-electron chi connectivity index (χ0n) is 9.74. The van der Waals surface area contributed by atoms with Crippen LogP contribution >= 0.6 is 11.8 Å². The Bertz CT molecular complexity index is 229. The molecule has 0 aromatic rings. The van der Waals surface area contributed by atoms with Gasteiger partial charge in [-0.1, -0.05) is 19.3 Å². The molecule has 16 heavy (non-hydrogen) atoms. The summed E-state index contributed by atoms with van der Waals surface area (Å²) in [5, 5.41) is 2.97. The Morgan fingerprint density at radius 1 is 1.25 bits per heavy atom. The largest absolute Gasteiger partial charge is 0.379 e. The minimum absolute atomic E-state index is 0.155. The fourth-order valence-corrected chi connectivity index (χ4v) is 3.28. The molecule has 2 rings (SSSR count). The van der Waals surface area contributed by atoms with Crippen LogP contribution in [0.25, 0.3) is 0 Å². The van der Waals surface area contributed by atoms with Gasteiger partial charge in [0.05, 0.1) is 18.4 Å². The van der Waals surface area contributed by atoms with Gasteiger partial charge in [-0.15, -0.1) is 11.8 Å². The van der Waals surface area contributed by atoms with Crippen LogP contribution in [0.5, 0.6) is 0 Å². The summed E-state index contributed by atoms with van der Waals surface area (Å²) in [6.07, 6.45) is 6.78. The monoisotopic (exact) mass is 243 g/mol. The summed E-state index contributed by atoms with van der Waals surface area (Å²) in [5.74, 6) is 2.53. The van der Waals surface area contributed by atoms with Crippen molar-refractivity contribution in [2.24, 2.45) is 5.92 Å². The maximum atomic E-state index is 11.2. The van der Waals surface area contributed by atoms with E-state index in [1.165, 1.54) is 32.1 Å². The number of thioether (sulfide) groups is 1. The highest BCUT2D eigenvalue weighted by molar-refractivity contribution is 8.00. The van der Waals surface area contributed by atoms with E-state index in [1.807, 2.05) is 0 Å². The van der Waals surface area contributed by atoms with Crippen molar-refractivity contribution in [3.8, 4) is 0 Å². The first-order chi connectivity index (χ1) is 7.84. The molecule has 92 valence electrons. The molecule has 1 heterocycles. The Hall–Kier alpha value is -0.220. The standard InChI is InChI=1S/C12H21NO2S/c14-12-9-16-8-11(13-12)7-15-6-10-4-2-1-3-5-10/h10-11H,1-9H2,(H,13,14)/t11-/m1/s1. The van der Waals surface area contributed by atoms with Crippen molar-refractivity contribution in [3.63, 3.8) is 0 Å². The van der Waals surface area contributed by atoms with E-state index >= 15 is 0 Å². The van der Waals surface area contributed by atoms with Crippen molar-refractivity contribution in [2.75, 3.05) is 24.7 Å². The number of ether oxygens (including phenoxy) is 1. The Balaban J connectivity index is 1.58. The van der Waals surface area contributed by atoms with Gasteiger partial charge in [0.15, 0.2) is 0 Å². The zero-order chi connectivity index (χ0) is 11.2. The molecule has 0 aromatic heterocycles. The molecule has 1 atom stereocenters. The van der Waals surface area contributed by atoms with E-state index in [-0.39, 0.29) is 11.9 Å². The van der Waals surface area contributed by atoms with E-state index in [9.17, 15) is 4.79 Å². The quantitative estimate of drug-likeness (QED) is 0.818. The van der Waals surface area contributed by atoms with Crippen LogP contribution in [-0.4, -0.2) is 36.7 Å². The highest BCUT2D eigenvalue weighted by Crippen LogP contribution is 2.23. The second-order valence-electron chi connectivity index (χ2n) is 4.82. The van der Waals surface area contributed by atoms with Crippen molar-refractivity contribution in [2.45, 2.75) is 38.1 Å². The molecular formula is C12H21NO2S. The van der Waals surface area contributed by atoms with Gasteiger partial charge in [-0.2, -0.15) is 0 Å². The molecule has 1 saturated carbocycles. The van der Waals surface area contributed by atoms with Crippen LogP contribution in [0.4, 0.5) is 0 Å². The van der Waals surface area contributed by atoms with Gasteiger partial charge in [-0.05, 0) is 18.8 Å². The van der Waals surface area contributed by atoms with Crippen LogP contribution < -0.4 is 5.32 Å². The van der Waals surface area contributed by atoms with Crippen LogP contribution in [0.3, 0.4) is 0 Å². The molecule has 1 amide bonds. The van der Waals surface area contributed by atoms with E-state index in [0.717, 1.165) is 18.3 Å². The lowest BCUT2D eigenvalue weighted by atomic mass is 9.90. The fourth-order valence-electron chi connectivity index (χ4n) is 2.43. The number of amides is 1. The summed E-state index contributed by atoms with van der Waals surface area (Å²) in [7, 11) is 0. The zero-order valence-corrected chi connectivity index (χ0v) is 10.6. The second kappa shape index (κ2) is 6.50. The maximum absolute atomic E-state index is 11.2. The van der Waals surface area contributed by atoms with Crippen LogP contribution in [0, 0.1) is 5.92 Å². The summed E-state index contributed by atoms with van der Waals surface area (Å²) >= 11 is 1.71. The lowest BCUT2D eigenvalue weighted by Crippen LogP contribution is -2.45. The number of hydrogen-bond donors (Lipinski definition) is 1. The predicted molar refractivity (Wildman–Crippen MR) is 66.6 cm³/mol. The topological polar surface area (TPSA) is 38.3 Å². The smallest absolute Gasteiger partial charge is 0.230 e. The lowest BCUT2D eigenvalue weighted by molar-refractivity contribution is -0.119. The molecule has 4 heteroatoms. The number of nitrogens with one attached hydrogen (secondary N) is 1. The first-order valence-corrected chi connectivity index (χ1v) is 7.45. The highest BCUT2D eigenvalue weighted by atomic mass is 32.2. The van der Waals surface area contributed by atoms with Crippen LogP contribution in [-0.2, 0) is 9.53 Å². The van der Waals surface area contributed by atoms with E-state index in [1.54, 1.807) is 11.8 Å². The molecule has 0 unspecified atom stereocenters. The summed E-state index contributed by atoms with van der Waals surface area (Å²) in [4.78, 5) is 11.2. The fraction of sp³-hybridized carbons (Fsp3) is 0.917. The predicted octanol–water partition coefficient (Wildman–Crippen LogP) is 1.81. The van der Waals surface area contributed by atoms with Crippen molar-refractivity contribution in [3.05, 3.63) is 0 Å². The maximum Gasteiger partial charge on any atom is 0.230 e. The number of hydrogen-bond acceptors (Lipinski definition) is 3. The van der Waals surface area contributed by atoms with Gasteiger partial charge in [0, 0.05) is 12.4 Å². The number of carbonyl (C=O) groups excluding carboxylic acids is 1. The van der Waals surface area contributed by atoms with Crippen LogP contribution in [0.2, 0.25) is 0 Å². The summed E-state index contributed by atoms with van der Waals surface area (Å²) in [6.45, 7) is 1.58. The Labute approximate surface area is 102 Å². The van der Waals surface area contributed by atoms with Gasteiger partial charge < -0.3 is 10.1 Å². The molecule has 1 N–H and O–H groups in total. The molecule has 2 fully saturated rings. The van der Waals surface area contributed by atoms with Crippen molar-refractivity contribution in [1.82, 2.24) is 5.32 Å². The molecule has 1 aliphatic heterocycles. The highest BCUT2D eigenvalue weighted by Gasteiger charge is 2.19. The number of rotatable bonds is 4. The van der Waals surface area contributed by atoms with Crippen molar-refractivity contribution >= 4 is 17.7 Å². The molecular weight excluding hydrogens is 222 g/mol. The van der Waals surface area contributed by atoms with Gasteiger partial charge in [0.25, 0.3) is 0 Å². The molecule has 1 aliphatic carbocycles. The molecule has 2 aliphatic rings. The average Bonchev–Trinajstić information content (AvgIpc) is 2.30. The van der Waals surface area contributed by atoms with Gasteiger partial charge >= 0.3 is 0 Å². The summed E-state index contributed by atoms with van der Waals surface area (Å²) in [5.41, 5.74) is 0. The summed E-state index contributed by atoms with van der Waals surface area (Å²) in [6, 6.07) is 0.231. The SMILES string of the molecule is O=C1CSC[C@@H](COCC2CCCCC2)N1. The van der Waals surface area contributed by atoms with E-state index in [2.05, 4.69) is 5.32 Å². The van der Waals surface area contributed by atoms with E-state index in [0.29, 0.717) is 12.4 Å². The molecule has 0 spiro atoms. The van der Waals surface area contributed by atoms with Crippen LogP contribution in [0.1, 0.15) is 32.1 Å². The van der Waals surface area contributed by atoms with Crippen molar-refractivity contribution < 1.29 is 9.53 Å². The minimum Gasteiger partial charge on any atom is -0.379 e. The summed E-state index contributed by atoms with van der Waals surface area (Å²) < 4.78 is 5.73. The van der Waals surface area contributed by atoms with Crippen LogP contribution in [0.15, 0.2) is 0 Å².